The van der Waals surface area contributed by atoms with Crippen LogP contribution in [0.3, 0.4) is 0 Å². The molecule has 0 fully saturated rings. The molecular formula is C11H17NO2S. The van der Waals surface area contributed by atoms with Crippen LogP contribution >= 0.6 is 11.8 Å². The van der Waals surface area contributed by atoms with Gasteiger partial charge in [-0.3, -0.25) is 0 Å². The Morgan fingerprint density at radius 1 is 1.33 bits per heavy atom. The maximum absolute atomic E-state index is 5.59. The smallest absolute Gasteiger partial charge is 0.132 e. The zero-order chi connectivity index (χ0) is 11.3. The van der Waals surface area contributed by atoms with E-state index in [1.165, 1.54) is 0 Å². The molecule has 84 valence electrons. The van der Waals surface area contributed by atoms with E-state index >= 15 is 0 Å². The number of nitrogens with two attached hydrogens (primary N) is 1. The quantitative estimate of drug-likeness (QED) is 0.783. The monoisotopic (exact) mass is 227 g/mol. The molecule has 0 bridgehead atoms. The van der Waals surface area contributed by atoms with Gasteiger partial charge in [-0.1, -0.05) is 6.92 Å². The van der Waals surface area contributed by atoms with Gasteiger partial charge in [0.1, 0.15) is 11.5 Å². The van der Waals surface area contributed by atoms with Crippen molar-refractivity contribution in [3.63, 3.8) is 0 Å². The Hall–Kier alpha value is -0.870. The van der Waals surface area contributed by atoms with Crippen molar-refractivity contribution in [3.05, 3.63) is 18.2 Å². The van der Waals surface area contributed by atoms with Crippen LogP contribution in [0.25, 0.3) is 0 Å². The Morgan fingerprint density at radius 3 is 2.60 bits per heavy atom. The summed E-state index contributed by atoms with van der Waals surface area (Å²) in [5.74, 6) is 1.70. The minimum atomic E-state index is 0.367. The predicted molar refractivity (Wildman–Crippen MR) is 63.9 cm³/mol. The molecule has 0 aromatic heterocycles. The first kappa shape index (κ1) is 12.2. The van der Waals surface area contributed by atoms with Gasteiger partial charge in [-0.25, -0.2) is 0 Å². The second kappa shape index (κ2) is 5.88. The first-order valence-electron chi connectivity index (χ1n) is 4.80. The average molecular weight is 227 g/mol. The highest BCUT2D eigenvalue weighted by Crippen LogP contribution is 2.34. The lowest BCUT2D eigenvalue weighted by Gasteiger charge is -2.13. The molecule has 0 spiro atoms. The Kier molecular flexibility index (Phi) is 4.78. The summed E-state index contributed by atoms with van der Waals surface area (Å²) in [6.07, 6.45) is 0. The number of rotatable bonds is 5. The van der Waals surface area contributed by atoms with Gasteiger partial charge in [0.25, 0.3) is 0 Å². The van der Waals surface area contributed by atoms with Crippen LogP contribution in [0.5, 0.6) is 11.5 Å². The van der Waals surface area contributed by atoms with Crippen LogP contribution in [0.4, 0.5) is 0 Å². The van der Waals surface area contributed by atoms with E-state index in [9.17, 15) is 0 Å². The fourth-order valence-corrected chi connectivity index (χ4v) is 2.12. The van der Waals surface area contributed by atoms with Crippen LogP contribution in [-0.2, 0) is 0 Å². The molecule has 1 atom stereocenters. The van der Waals surface area contributed by atoms with E-state index in [-0.39, 0.29) is 0 Å². The van der Waals surface area contributed by atoms with Crippen LogP contribution in [0, 0.1) is 0 Å². The van der Waals surface area contributed by atoms with Crippen LogP contribution < -0.4 is 15.2 Å². The van der Waals surface area contributed by atoms with E-state index < -0.39 is 0 Å². The Bertz CT molecular complexity index is 317. The van der Waals surface area contributed by atoms with Crippen LogP contribution in [0.15, 0.2) is 23.1 Å². The number of ether oxygens (including phenoxy) is 2. The molecule has 2 N–H and O–H groups in total. The van der Waals surface area contributed by atoms with Crippen molar-refractivity contribution in [1.82, 2.24) is 0 Å². The summed E-state index contributed by atoms with van der Waals surface area (Å²) in [6.45, 7) is 2.73. The average Bonchev–Trinajstić information content (AvgIpc) is 2.28. The molecule has 0 amide bonds. The van der Waals surface area contributed by atoms with Crippen molar-refractivity contribution in [2.24, 2.45) is 5.73 Å². The van der Waals surface area contributed by atoms with Crippen molar-refractivity contribution >= 4 is 11.8 Å². The van der Waals surface area contributed by atoms with E-state index in [0.717, 1.165) is 16.4 Å². The maximum Gasteiger partial charge on any atom is 0.132 e. The molecule has 0 aliphatic carbocycles. The molecule has 1 unspecified atom stereocenters. The summed E-state index contributed by atoms with van der Waals surface area (Å²) in [7, 11) is 3.32. The van der Waals surface area contributed by atoms with Crippen LogP contribution in [-0.4, -0.2) is 26.0 Å². The minimum Gasteiger partial charge on any atom is -0.497 e. The molecule has 3 nitrogen and oxygen atoms in total. The summed E-state index contributed by atoms with van der Waals surface area (Å²) in [5.41, 5.74) is 5.59. The zero-order valence-electron chi connectivity index (χ0n) is 9.32. The molecule has 15 heavy (non-hydrogen) atoms. The number of methoxy groups -OCH3 is 2. The molecule has 0 aliphatic rings. The SMILES string of the molecule is COc1ccc(OC)c(SC(C)CN)c1. The Morgan fingerprint density at radius 2 is 2.07 bits per heavy atom. The summed E-state index contributed by atoms with van der Waals surface area (Å²) in [6, 6.07) is 5.76. The number of hydrogen-bond acceptors (Lipinski definition) is 4. The second-order valence-corrected chi connectivity index (χ2v) is 4.66. The highest BCUT2D eigenvalue weighted by Gasteiger charge is 2.09. The fraction of sp³-hybridized carbons (Fsp3) is 0.455. The van der Waals surface area contributed by atoms with Gasteiger partial charge in [-0.15, -0.1) is 11.8 Å². The third-order valence-electron chi connectivity index (χ3n) is 2.03. The fourth-order valence-electron chi connectivity index (χ4n) is 1.14. The molecule has 4 heteroatoms. The van der Waals surface area contributed by atoms with E-state index in [1.54, 1.807) is 26.0 Å². The zero-order valence-corrected chi connectivity index (χ0v) is 10.1. The van der Waals surface area contributed by atoms with Crippen molar-refractivity contribution in [3.8, 4) is 11.5 Å². The summed E-state index contributed by atoms with van der Waals surface area (Å²) < 4.78 is 10.4. The Labute approximate surface area is 94.9 Å². The van der Waals surface area contributed by atoms with Gasteiger partial charge in [0.15, 0.2) is 0 Å². The van der Waals surface area contributed by atoms with Gasteiger partial charge in [-0.05, 0) is 18.2 Å². The third-order valence-corrected chi connectivity index (χ3v) is 3.20. The molecule has 0 radical (unpaired) electrons. The third kappa shape index (κ3) is 3.32. The number of benzene rings is 1. The van der Waals surface area contributed by atoms with Gasteiger partial charge >= 0.3 is 0 Å². The molecule has 1 aromatic carbocycles. The molecule has 0 saturated heterocycles. The molecule has 0 heterocycles. The van der Waals surface area contributed by atoms with E-state index in [2.05, 4.69) is 6.92 Å². The van der Waals surface area contributed by atoms with Crippen LogP contribution in [0.2, 0.25) is 0 Å². The second-order valence-electron chi connectivity index (χ2n) is 3.18. The standard InChI is InChI=1S/C11H17NO2S/c1-8(7-12)15-11-6-9(13-2)4-5-10(11)14-3/h4-6,8H,7,12H2,1-3H3. The van der Waals surface area contributed by atoms with Gasteiger partial charge < -0.3 is 15.2 Å². The van der Waals surface area contributed by atoms with Crippen molar-refractivity contribution in [2.45, 2.75) is 17.1 Å². The van der Waals surface area contributed by atoms with Crippen LogP contribution in [0.1, 0.15) is 6.92 Å². The molecule has 1 rings (SSSR count). The number of thioether (sulfide) groups is 1. The summed E-state index contributed by atoms with van der Waals surface area (Å²) in [5, 5.41) is 0.367. The highest BCUT2D eigenvalue weighted by molar-refractivity contribution is 8.00. The normalized spacial score (nSPS) is 12.3. The topological polar surface area (TPSA) is 44.5 Å². The predicted octanol–water partition coefficient (Wildman–Crippen LogP) is 2.14. The summed E-state index contributed by atoms with van der Waals surface area (Å²) >= 11 is 1.69. The maximum atomic E-state index is 5.59. The van der Waals surface area contributed by atoms with Crippen molar-refractivity contribution < 1.29 is 9.47 Å². The lowest BCUT2D eigenvalue weighted by Crippen LogP contribution is -2.12. The molecular weight excluding hydrogens is 210 g/mol. The first-order chi connectivity index (χ1) is 7.21. The minimum absolute atomic E-state index is 0.367. The lowest BCUT2D eigenvalue weighted by molar-refractivity contribution is 0.394. The van der Waals surface area contributed by atoms with Gasteiger partial charge in [-0.2, -0.15) is 0 Å². The van der Waals surface area contributed by atoms with Gasteiger partial charge in [0.05, 0.1) is 19.1 Å². The van der Waals surface area contributed by atoms with Gasteiger partial charge in [0.2, 0.25) is 0 Å². The number of hydrogen-bond donors (Lipinski definition) is 1. The molecule has 0 aliphatic heterocycles. The largest absolute Gasteiger partial charge is 0.497 e. The lowest BCUT2D eigenvalue weighted by atomic mass is 10.3. The van der Waals surface area contributed by atoms with E-state index in [1.807, 2.05) is 18.2 Å². The van der Waals surface area contributed by atoms with E-state index in [4.69, 9.17) is 15.2 Å². The molecule has 1 aromatic rings. The first-order valence-corrected chi connectivity index (χ1v) is 5.68. The summed E-state index contributed by atoms with van der Waals surface area (Å²) in [4.78, 5) is 1.06. The van der Waals surface area contributed by atoms with E-state index in [0.29, 0.717) is 11.8 Å². The Balaban J connectivity index is 2.90. The van der Waals surface area contributed by atoms with Crippen molar-refractivity contribution in [1.29, 1.82) is 0 Å². The van der Waals surface area contributed by atoms with Gasteiger partial charge in [0, 0.05) is 11.8 Å². The molecule has 0 saturated carbocycles. The highest BCUT2D eigenvalue weighted by atomic mass is 32.2. The van der Waals surface area contributed by atoms with Crippen molar-refractivity contribution in [2.75, 3.05) is 20.8 Å².